The molecule has 1 aliphatic rings. The molecule has 0 aliphatic carbocycles. The average molecular weight is 506 g/mol. The van der Waals surface area contributed by atoms with E-state index in [0.29, 0.717) is 25.1 Å². The summed E-state index contributed by atoms with van der Waals surface area (Å²) in [4.78, 5) is 12.6. The van der Waals surface area contributed by atoms with Crippen molar-refractivity contribution in [1.82, 2.24) is 9.62 Å². The predicted molar refractivity (Wildman–Crippen MR) is 133 cm³/mol. The zero-order chi connectivity index (χ0) is 25.4. The van der Waals surface area contributed by atoms with Gasteiger partial charge in [-0.05, 0) is 48.6 Å². The smallest absolute Gasteiger partial charge is 0.409 e. The number of amides is 1. The number of sulfonamides is 1. The molecule has 35 heavy (non-hydrogen) atoms. The number of carbonyl (C=O) groups excluding carboxylic acids is 1. The van der Waals surface area contributed by atoms with Gasteiger partial charge in [0.2, 0.25) is 16.3 Å². The van der Waals surface area contributed by atoms with Crippen molar-refractivity contribution in [3.05, 3.63) is 60.2 Å². The number of carbonyl (C=O) groups is 1. The molecule has 0 spiro atoms. The van der Waals surface area contributed by atoms with Crippen molar-refractivity contribution in [2.24, 2.45) is 5.92 Å². The monoisotopic (exact) mass is 505 g/mol. The molecule has 2 aromatic carbocycles. The minimum Gasteiger partial charge on any atom is -0.420 e. The van der Waals surface area contributed by atoms with Crippen molar-refractivity contribution in [2.45, 2.75) is 56.4 Å². The Morgan fingerprint density at radius 1 is 1.17 bits per heavy atom. The Morgan fingerprint density at radius 2 is 1.86 bits per heavy atom. The van der Waals surface area contributed by atoms with Crippen LogP contribution in [0.2, 0.25) is 0 Å². The fourth-order valence-corrected chi connectivity index (χ4v) is 5.52. The van der Waals surface area contributed by atoms with Crippen molar-refractivity contribution in [3.63, 3.8) is 0 Å². The van der Waals surface area contributed by atoms with Gasteiger partial charge >= 0.3 is 6.09 Å². The number of benzene rings is 2. The second-order valence-electron chi connectivity index (χ2n) is 9.14. The number of hydrogen-bond acceptors (Lipinski definition) is 7. The van der Waals surface area contributed by atoms with E-state index in [0.717, 1.165) is 12.0 Å². The molecule has 0 radical (unpaired) electrons. The fourth-order valence-electron chi connectivity index (χ4n) is 3.90. The van der Waals surface area contributed by atoms with E-state index in [1.165, 1.54) is 28.6 Å². The maximum atomic E-state index is 13.4. The third-order valence-electron chi connectivity index (χ3n) is 5.67. The lowest BCUT2D eigenvalue weighted by molar-refractivity contribution is -0.0698. The second kappa shape index (κ2) is 12.3. The molecule has 0 bridgehead atoms. The van der Waals surface area contributed by atoms with Gasteiger partial charge in [-0.1, -0.05) is 44.2 Å². The van der Waals surface area contributed by atoms with E-state index in [2.05, 4.69) is 5.32 Å². The molecule has 10 heteroatoms. The van der Waals surface area contributed by atoms with Crippen molar-refractivity contribution in [2.75, 3.05) is 25.4 Å². The van der Waals surface area contributed by atoms with Crippen molar-refractivity contribution in [3.8, 4) is 0 Å². The summed E-state index contributed by atoms with van der Waals surface area (Å²) < 4.78 is 38.7. The van der Waals surface area contributed by atoms with Crippen LogP contribution in [0.5, 0.6) is 0 Å². The number of aliphatic hydroxyl groups excluding tert-OH is 1. The molecule has 3 atom stereocenters. The fraction of sp³-hybridized carbons (Fsp3) is 0.480. The van der Waals surface area contributed by atoms with Crippen LogP contribution >= 0.6 is 0 Å². The van der Waals surface area contributed by atoms with E-state index in [-0.39, 0.29) is 23.9 Å². The standard InChI is InChI=1S/C25H35N3O6S/c1-18(2)16-28(35(31,32)21-12-10-20(26)11-13-21)17-23(29)22(15-19-7-4-3-5-8-19)27-25(30)34-24-9-6-14-33-24/h3-5,7-8,10-13,18,22-24,29H,6,9,14-17,26H2,1-2H3,(H,27,30)/t22-,23+,24-/m0/s1. The summed E-state index contributed by atoms with van der Waals surface area (Å²) in [5, 5.41) is 13.9. The van der Waals surface area contributed by atoms with Gasteiger partial charge in [-0.3, -0.25) is 0 Å². The van der Waals surface area contributed by atoms with Gasteiger partial charge in [-0.2, -0.15) is 4.31 Å². The van der Waals surface area contributed by atoms with Crippen LogP contribution in [0, 0.1) is 5.92 Å². The lowest BCUT2D eigenvalue weighted by atomic mass is 10.0. The van der Waals surface area contributed by atoms with E-state index < -0.39 is 34.6 Å². The Bertz CT molecular complexity index is 1040. The van der Waals surface area contributed by atoms with Gasteiger partial charge in [-0.15, -0.1) is 0 Å². The third kappa shape index (κ3) is 7.93. The van der Waals surface area contributed by atoms with Crippen LogP contribution in [0.1, 0.15) is 32.3 Å². The van der Waals surface area contributed by atoms with Gasteiger partial charge < -0.3 is 25.6 Å². The minimum atomic E-state index is -3.91. The summed E-state index contributed by atoms with van der Waals surface area (Å²) in [7, 11) is -3.91. The van der Waals surface area contributed by atoms with Crippen molar-refractivity contribution >= 4 is 21.8 Å². The number of nitrogens with two attached hydrogens (primary N) is 1. The van der Waals surface area contributed by atoms with Gasteiger partial charge in [0.15, 0.2) is 0 Å². The largest absolute Gasteiger partial charge is 0.420 e. The normalized spacial score (nSPS) is 17.9. The number of alkyl carbamates (subject to hydrolysis) is 1. The summed E-state index contributed by atoms with van der Waals surface area (Å²) in [6.07, 6.45) is -0.821. The summed E-state index contributed by atoms with van der Waals surface area (Å²) in [5.74, 6) is 0.00997. The molecule has 9 nitrogen and oxygen atoms in total. The molecule has 3 rings (SSSR count). The number of nitrogen functional groups attached to an aromatic ring is 1. The van der Waals surface area contributed by atoms with Crippen LogP contribution in [0.15, 0.2) is 59.5 Å². The Kier molecular flexibility index (Phi) is 9.50. The summed E-state index contributed by atoms with van der Waals surface area (Å²) in [6, 6.07) is 14.5. The van der Waals surface area contributed by atoms with Gasteiger partial charge in [0.05, 0.1) is 23.6 Å². The Labute approximate surface area is 207 Å². The van der Waals surface area contributed by atoms with Crippen LogP contribution in [0.4, 0.5) is 10.5 Å². The first-order valence-electron chi connectivity index (χ1n) is 11.8. The lowest BCUT2D eigenvalue weighted by Gasteiger charge is -2.30. The number of nitrogens with zero attached hydrogens (tertiary/aromatic N) is 1. The van der Waals surface area contributed by atoms with Crippen LogP contribution in [-0.4, -0.2) is 62.1 Å². The maximum absolute atomic E-state index is 13.4. The molecule has 0 saturated carbocycles. The van der Waals surface area contributed by atoms with Gasteiger partial charge in [0, 0.05) is 25.2 Å². The Hall–Kier alpha value is -2.66. The molecule has 1 amide bonds. The lowest BCUT2D eigenvalue weighted by Crippen LogP contribution is -2.51. The minimum absolute atomic E-state index is 0.00997. The number of ether oxygens (including phenoxy) is 2. The first-order chi connectivity index (χ1) is 16.6. The van der Waals surface area contributed by atoms with Crippen molar-refractivity contribution < 1.29 is 27.8 Å². The molecule has 0 aromatic heterocycles. The zero-order valence-corrected chi connectivity index (χ0v) is 21.0. The topological polar surface area (TPSA) is 131 Å². The highest BCUT2D eigenvalue weighted by Gasteiger charge is 2.32. The number of rotatable bonds is 11. The van der Waals surface area contributed by atoms with Crippen LogP contribution in [-0.2, 0) is 25.9 Å². The molecule has 4 N–H and O–H groups in total. The quantitative estimate of drug-likeness (QED) is 0.400. The molecule has 2 aromatic rings. The van der Waals surface area contributed by atoms with E-state index >= 15 is 0 Å². The average Bonchev–Trinajstić information content (AvgIpc) is 3.31. The van der Waals surface area contributed by atoms with E-state index in [9.17, 15) is 18.3 Å². The molecule has 1 fully saturated rings. The molecule has 192 valence electrons. The first kappa shape index (κ1) is 26.9. The van der Waals surface area contributed by atoms with Crippen LogP contribution < -0.4 is 11.1 Å². The Balaban J connectivity index is 1.80. The summed E-state index contributed by atoms with van der Waals surface area (Å²) in [5.41, 5.74) is 7.05. The van der Waals surface area contributed by atoms with Crippen LogP contribution in [0.25, 0.3) is 0 Å². The van der Waals surface area contributed by atoms with Gasteiger partial charge in [0.25, 0.3) is 0 Å². The number of hydrogen-bond donors (Lipinski definition) is 3. The second-order valence-corrected chi connectivity index (χ2v) is 11.1. The van der Waals surface area contributed by atoms with E-state index in [4.69, 9.17) is 15.2 Å². The maximum Gasteiger partial charge on any atom is 0.409 e. The van der Waals surface area contributed by atoms with E-state index in [1.807, 2.05) is 44.2 Å². The highest BCUT2D eigenvalue weighted by atomic mass is 32.2. The van der Waals surface area contributed by atoms with E-state index in [1.54, 1.807) is 0 Å². The summed E-state index contributed by atoms with van der Waals surface area (Å²) in [6.45, 7) is 4.32. The van der Waals surface area contributed by atoms with Crippen molar-refractivity contribution in [1.29, 1.82) is 0 Å². The third-order valence-corrected chi connectivity index (χ3v) is 7.52. The number of aliphatic hydroxyl groups is 1. The number of anilines is 1. The number of nitrogens with one attached hydrogen (secondary N) is 1. The molecule has 1 aliphatic heterocycles. The highest BCUT2D eigenvalue weighted by Crippen LogP contribution is 2.20. The van der Waals surface area contributed by atoms with Gasteiger partial charge in [-0.25, -0.2) is 13.2 Å². The van der Waals surface area contributed by atoms with Crippen LogP contribution in [0.3, 0.4) is 0 Å². The highest BCUT2D eigenvalue weighted by molar-refractivity contribution is 7.89. The predicted octanol–water partition coefficient (Wildman–Crippen LogP) is 2.75. The zero-order valence-electron chi connectivity index (χ0n) is 20.2. The molecular weight excluding hydrogens is 470 g/mol. The summed E-state index contributed by atoms with van der Waals surface area (Å²) >= 11 is 0. The molecular formula is C25H35N3O6S. The Morgan fingerprint density at radius 3 is 2.46 bits per heavy atom. The molecule has 1 heterocycles. The SMILES string of the molecule is CC(C)CN(C[C@@H](O)[C@H](Cc1ccccc1)NC(=O)O[C@H]1CCCO1)S(=O)(=O)c1ccc(N)cc1. The van der Waals surface area contributed by atoms with Gasteiger partial charge in [0.1, 0.15) is 0 Å². The first-order valence-corrected chi connectivity index (χ1v) is 13.3. The molecule has 1 saturated heterocycles. The molecule has 0 unspecified atom stereocenters.